The van der Waals surface area contributed by atoms with E-state index in [1.165, 1.54) is 16.2 Å². The molecule has 2 aromatic carbocycles. The summed E-state index contributed by atoms with van der Waals surface area (Å²) in [5.74, 6) is -0.570. The molecule has 0 spiro atoms. The van der Waals surface area contributed by atoms with Gasteiger partial charge in [-0.05, 0) is 63.2 Å². The molecule has 1 aliphatic heterocycles. The Bertz CT molecular complexity index is 1210. The highest BCUT2D eigenvalue weighted by Crippen LogP contribution is 2.37. The van der Waals surface area contributed by atoms with Gasteiger partial charge in [0.1, 0.15) is 12.3 Å². The Kier molecular flexibility index (Phi) is 6.41. The lowest BCUT2D eigenvalue weighted by Crippen LogP contribution is -2.47. The molecule has 0 saturated carbocycles. The average molecular weight is 466 g/mol. The largest absolute Gasteiger partial charge is 0.479 e. The van der Waals surface area contributed by atoms with E-state index in [-0.39, 0.29) is 25.0 Å². The maximum absolute atomic E-state index is 12.9. The van der Waals surface area contributed by atoms with Gasteiger partial charge >= 0.3 is 5.97 Å². The van der Waals surface area contributed by atoms with Gasteiger partial charge in [0.25, 0.3) is 5.91 Å². The lowest BCUT2D eigenvalue weighted by Gasteiger charge is -2.32. The number of hydrogen-bond acceptors (Lipinski definition) is 7. The second-order valence-electron chi connectivity index (χ2n) is 7.46. The van der Waals surface area contributed by atoms with E-state index < -0.39 is 12.1 Å². The zero-order chi connectivity index (χ0) is 23.5. The SMILES string of the molecule is CCOC(=O)c1ccc(NC(=O)CN2C(=O)C(C)Oc3ccc(-c4csc(C)n4)cc32)cc1. The quantitative estimate of drug-likeness (QED) is 0.552. The number of aromatic nitrogens is 1. The van der Waals surface area contributed by atoms with Gasteiger partial charge < -0.3 is 14.8 Å². The zero-order valence-electron chi connectivity index (χ0n) is 18.5. The number of esters is 1. The van der Waals surface area contributed by atoms with Crippen molar-refractivity contribution in [1.82, 2.24) is 4.98 Å². The minimum absolute atomic E-state index is 0.182. The second kappa shape index (κ2) is 9.41. The second-order valence-corrected chi connectivity index (χ2v) is 8.53. The lowest BCUT2D eigenvalue weighted by atomic mass is 10.1. The van der Waals surface area contributed by atoms with Crippen molar-refractivity contribution in [3.63, 3.8) is 0 Å². The molecule has 1 unspecified atom stereocenters. The van der Waals surface area contributed by atoms with E-state index in [1.807, 2.05) is 24.4 Å². The van der Waals surface area contributed by atoms with Crippen molar-refractivity contribution < 1.29 is 23.9 Å². The molecule has 0 radical (unpaired) electrons. The molecule has 1 atom stereocenters. The predicted molar refractivity (Wildman–Crippen MR) is 126 cm³/mol. The molecule has 1 aliphatic rings. The summed E-state index contributed by atoms with van der Waals surface area (Å²) < 4.78 is 10.7. The van der Waals surface area contributed by atoms with Crippen molar-refractivity contribution >= 4 is 40.5 Å². The van der Waals surface area contributed by atoms with Gasteiger partial charge in [0.05, 0.1) is 28.6 Å². The lowest BCUT2D eigenvalue weighted by molar-refractivity contribution is -0.127. The third-order valence-corrected chi connectivity index (χ3v) is 5.84. The number of hydrogen-bond donors (Lipinski definition) is 1. The molecule has 0 bridgehead atoms. The molecular weight excluding hydrogens is 442 g/mol. The van der Waals surface area contributed by atoms with Crippen molar-refractivity contribution in [1.29, 1.82) is 0 Å². The van der Waals surface area contributed by atoms with E-state index >= 15 is 0 Å². The Hall–Kier alpha value is -3.72. The summed E-state index contributed by atoms with van der Waals surface area (Å²) in [6.07, 6.45) is -0.707. The van der Waals surface area contributed by atoms with Crippen molar-refractivity contribution in [2.45, 2.75) is 26.9 Å². The summed E-state index contributed by atoms with van der Waals surface area (Å²) in [5, 5.41) is 5.65. The van der Waals surface area contributed by atoms with Crippen molar-refractivity contribution in [2.24, 2.45) is 0 Å². The van der Waals surface area contributed by atoms with Crippen LogP contribution in [-0.4, -0.2) is 42.0 Å². The monoisotopic (exact) mass is 465 g/mol. The van der Waals surface area contributed by atoms with Crippen LogP contribution in [0.3, 0.4) is 0 Å². The number of nitrogens with zero attached hydrogens (tertiary/aromatic N) is 2. The molecule has 1 aromatic heterocycles. The van der Waals surface area contributed by atoms with Crippen LogP contribution in [0.2, 0.25) is 0 Å². The highest BCUT2D eigenvalue weighted by molar-refractivity contribution is 7.09. The Balaban J connectivity index is 1.53. The normalized spacial score (nSPS) is 14.9. The van der Waals surface area contributed by atoms with Gasteiger partial charge in [-0.3, -0.25) is 14.5 Å². The molecule has 33 heavy (non-hydrogen) atoms. The Morgan fingerprint density at radius 3 is 2.64 bits per heavy atom. The first-order chi connectivity index (χ1) is 15.9. The fourth-order valence-electron chi connectivity index (χ4n) is 3.47. The van der Waals surface area contributed by atoms with Gasteiger partial charge in [0, 0.05) is 16.6 Å². The van der Waals surface area contributed by atoms with Crippen LogP contribution in [0.5, 0.6) is 5.75 Å². The van der Waals surface area contributed by atoms with Gasteiger partial charge in [0.2, 0.25) is 5.91 Å². The standard InChI is InChI=1S/C24H23N3O5S/c1-4-31-24(30)16-5-8-18(9-6-16)26-22(28)12-27-20-11-17(19-13-33-15(3)25-19)7-10-21(20)32-14(2)23(27)29/h5-11,13-14H,4,12H2,1-3H3,(H,26,28). The highest BCUT2D eigenvalue weighted by Gasteiger charge is 2.33. The van der Waals surface area contributed by atoms with E-state index in [2.05, 4.69) is 10.3 Å². The third kappa shape index (κ3) is 4.88. The molecule has 0 aliphatic carbocycles. The summed E-state index contributed by atoms with van der Waals surface area (Å²) in [5.41, 5.74) is 3.06. The predicted octanol–water partition coefficient (Wildman–Crippen LogP) is 4.05. The van der Waals surface area contributed by atoms with Crippen LogP contribution >= 0.6 is 11.3 Å². The number of rotatable bonds is 6. The first-order valence-corrected chi connectivity index (χ1v) is 11.3. The van der Waals surface area contributed by atoms with E-state index in [0.29, 0.717) is 22.7 Å². The maximum Gasteiger partial charge on any atom is 0.338 e. The van der Waals surface area contributed by atoms with Crippen molar-refractivity contribution in [3.05, 3.63) is 58.4 Å². The number of fused-ring (bicyclic) bond motifs is 1. The van der Waals surface area contributed by atoms with Gasteiger partial charge in [-0.2, -0.15) is 0 Å². The smallest absolute Gasteiger partial charge is 0.338 e. The molecule has 0 fully saturated rings. The van der Waals surface area contributed by atoms with Gasteiger partial charge in [-0.25, -0.2) is 9.78 Å². The molecule has 9 heteroatoms. The molecule has 3 aromatic rings. The molecule has 8 nitrogen and oxygen atoms in total. The van der Waals surface area contributed by atoms with Gasteiger partial charge in [0.15, 0.2) is 6.10 Å². The van der Waals surface area contributed by atoms with Gasteiger partial charge in [-0.15, -0.1) is 11.3 Å². The van der Waals surface area contributed by atoms with Crippen LogP contribution in [0.25, 0.3) is 11.3 Å². The minimum Gasteiger partial charge on any atom is -0.479 e. The number of benzene rings is 2. The minimum atomic E-state index is -0.707. The average Bonchev–Trinajstić information content (AvgIpc) is 3.23. The van der Waals surface area contributed by atoms with E-state index in [0.717, 1.165) is 16.3 Å². The molecule has 2 heterocycles. The molecular formula is C24H23N3O5S. The van der Waals surface area contributed by atoms with Crippen LogP contribution in [0.4, 0.5) is 11.4 Å². The van der Waals surface area contributed by atoms with Crippen LogP contribution in [0, 0.1) is 6.92 Å². The number of aryl methyl sites for hydroxylation is 1. The maximum atomic E-state index is 12.9. The Morgan fingerprint density at radius 2 is 1.97 bits per heavy atom. The number of nitrogens with one attached hydrogen (secondary N) is 1. The van der Waals surface area contributed by atoms with Crippen molar-refractivity contribution in [3.8, 4) is 17.0 Å². The number of amides is 2. The van der Waals surface area contributed by atoms with Gasteiger partial charge in [-0.1, -0.05) is 0 Å². The molecule has 1 N–H and O–H groups in total. The molecule has 170 valence electrons. The first kappa shape index (κ1) is 22.5. The number of ether oxygens (including phenoxy) is 2. The number of thiazole rings is 1. The van der Waals surface area contributed by atoms with Crippen LogP contribution < -0.4 is 15.0 Å². The topological polar surface area (TPSA) is 97.8 Å². The van der Waals surface area contributed by atoms with E-state index in [1.54, 1.807) is 44.2 Å². The fourth-order valence-corrected chi connectivity index (χ4v) is 4.10. The van der Waals surface area contributed by atoms with Crippen LogP contribution in [0.15, 0.2) is 47.8 Å². The summed E-state index contributed by atoms with van der Waals surface area (Å²) in [7, 11) is 0. The number of anilines is 2. The van der Waals surface area contributed by atoms with Crippen LogP contribution in [0.1, 0.15) is 29.2 Å². The summed E-state index contributed by atoms with van der Waals surface area (Å²) in [4.78, 5) is 43.3. The summed E-state index contributed by atoms with van der Waals surface area (Å²) >= 11 is 1.54. The number of carbonyl (C=O) groups is 3. The Morgan fingerprint density at radius 1 is 1.21 bits per heavy atom. The first-order valence-electron chi connectivity index (χ1n) is 10.5. The summed E-state index contributed by atoms with van der Waals surface area (Å²) in [6.45, 7) is 5.42. The van der Waals surface area contributed by atoms with Crippen molar-refractivity contribution in [2.75, 3.05) is 23.4 Å². The van der Waals surface area contributed by atoms with Crippen LogP contribution in [-0.2, 0) is 14.3 Å². The zero-order valence-corrected chi connectivity index (χ0v) is 19.3. The molecule has 2 amide bonds. The number of carbonyl (C=O) groups excluding carboxylic acids is 3. The third-order valence-electron chi connectivity index (χ3n) is 5.06. The molecule has 0 saturated heterocycles. The van der Waals surface area contributed by atoms with E-state index in [4.69, 9.17) is 9.47 Å². The Labute approximate surface area is 195 Å². The molecule has 4 rings (SSSR count). The fraction of sp³-hybridized carbons (Fsp3) is 0.250. The highest BCUT2D eigenvalue weighted by atomic mass is 32.1. The van der Waals surface area contributed by atoms with E-state index in [9.17, 15) is 14.4 Å². The summed E-state index contributed by atoms with van der Waals surface area (Å²) in [6, 6.07) is 11.9.